The molecule has 1 unspecified atom stereocenters. The molecule has 1 aromatic heterocycles. The summed E-state index contributed by atoms with van der Waals surface area (Å²) in [6.07, 6.45) is 0.657. The Balaban J connectivity index is 2.18. The lowest BCUT2D eigenvalue weighted by Crippen LogP contribution is -2.05. The van der Waals surface area contributed by atoms with Crippen LogP contribution >= 0.6 is 11.3 Å². The van der Waals surface area contributed by atoms with Crippen molar-refractivity contribution in [1.82, 2.24) is 4.98 Å². The summed E-state index contributed by atoms with van der Waals surface area (Å²) in [7, 11) is 0. The Kier molecular flexibility index (Phi) is 3.22. The van der Waals surface area contributed by atoms with Crippen LogP contribution in [0, 0.1) is 0 Å². The molecule has 1 aromatic carbocycles. The second kappa shape index (κ2) is 4.63. The SMILES string of the molecule is CC(N)c1csc(Cc2ccccc2O)n1. The van der Waals surface area contributed by atoms with E-state index >= 15 is 0 Å². The fourth-order valence-corrected chi connectivity index (χ4v) is 2.36. The molecule has 2 aromatic rings. The first kappa shape index (κ1) is 11.1. The number of para-hydroxylation sites is 1. The van der Waals surface area contributed by atoms with Crippen LogP contribution < -0.4 is 5.73 Å². The minimum absolute atomic E-state index is 0.0330. The van der Waals surface area contributed by atoms with Crippen LogP contribution in [0.4, 0.5) is 0 Å². The fourth-order valence-electron chi connectivity index (χ4n) is 1.44. The first-order chi connectivity index (χ1) is 7.66. The zero-order chi connectivity index (χ0) is 11.5. The summed E-state index contributed by atoms with van der Waals surface area (Å²) in [4.78, 5) is 4.43. The van der Waals surface area contributed by atoms with Crippen molar-refractivity contribution in [1.29, 1.82) is 0 Å². The summed E-state index contributed by atoms with van der Waals surface area (Å²) >= 11 is 1.58. The van der Waals surface area contributed by atoms with Gasteiger partial charge >= 0.3 is 0 Å². The number of hydrogen-bond donors (Lipinski definition) is 2. The van der Waals surface area contributed by atoms with Gasteiger partial charge in [-0.05, 0) is 13.0 Å². The van der Waals surface area contributed by atoms with Crippen molar-refractivity contribution in [3.63, 3.8) is 0 Å². The van der Waals surface area contributed by atoms with E-state index < -0.39 is 0 Å². The molecule has 0 aliphatic rings. The number of phenolic OH excluding ortho intramolecular Hbond substituents is 1. The van der Waals surface area contributed by atoms with Crippen LogP contribution in [0.15, 0.2) is 29.6 Å². The summed E-state index contributed by atoms with van der Waals surface area (Å²) in [5, 5.41) is 12.6. The van der Waals surface area contributed by atoms with Crippen molar-refractivity contribution in [2.24, 2.45) is 5.73 Å². The number of rotatable bonds is 3. The molecule has 0 spiro atoms. The van der Waals surface area contributed by atoms with Crippen molar-refractivity contribution in [3.8, 4) is 5.75 Å². The quantitative estimate of drug-likeness (QED) is 0.857. The molecule has 0 amide bonds. The average Bonchev–Trinajstić information content (AvgIpc) is 2.70. The molecule has 0 aliphatic heterocycles. The molecule has 0 radical (unpaired) electrons. The third kappa shape index (κ3) is 2.40. The van der Waals surface area contributed by atoms with Crippen LogP contribution in [0.25, 0.3) is 0 Å². The first-order valence-electron chi connectivity index (χ1n) is 5.13. The maximum atomic E-state index is 9.64. The van der Waals surface area contributed by atoms with E-state index in [0.717, 1.165) is 16.3 Å². The second-order valence-corrected chi connectivity index (χ2v) is 4.70. The van der Waals surface area contributed by atoms with Gasteiger partial charge in [-0.2, -0.15) is 0 Å². The Morgan fingerprint density at radius 1 is 1.44 bits per heavy atom. The smallest absolute Gasteiger partial charge is 0.119 e. The lowest BCUT2D eigenvalue weighted by molar-refractivity contribution is 0.469. The topological polar surface area (TPSA) is 59.1 Å². The summed E-state index contributed by atoms with van der Waals surface area (Å²) in [5.74, 6) is 0.319. The number of thiazole rings is 1. The summed E-state index contributed by atoms with van der Waals surface area (Å²) in [5.41, 5.74) is 7.55. The van der Waals surface area contributed by atoms with Crippen molar-refractivity contribution in [2.75, 3.05) is 0 Å². The minimum atomic E-state index is -0.0330. The average molecular weight is 234 g/mol. The molecule has 0 aliphatic carbocycles. The summed E-state index contributed by atoms with van der Waals surface area (Å²) in [6.45, 7) is 1.92. The fraction of sp³-hybridized carbons (Fsp3) is 0.250. The largest absolute Gasteiger partial charge is 0.508 e. The molecular formula is C12H14N2OS. The van der Waals surface area contributed by atoms with Crippen LogP contribution in [0.5, 0.6) is 5.75 Å². The van der Waals surface area contributed by atoms with Crippen LogP contribution in [-0.4, -0.2) is 10.1 Å². The van der Waals surface area contributed by atoms with Gasteiger partial charge in [0.05, 0.1) is 10.7 Å². The number of nitrogens with zero attached hydrogens (tertiary/aromatic N) is 1. The molecule has 84 valence electrons. The van der Waals surface area contributed by atoms with E-state index in [9.17, 15) is 5.11 Å². The van der Waals surface area contributed by atoms with Gasteiger partial charge in [0.15, 0.2) is 0 Å². The molecule has 0 fully saturated rings. The van der Waals surface area contributed by atoms with E-state index in [4.69, 9.17) is 5.73 Å². The maximum Gasteiger partial charge on any atom is 0.119 e. The van der Waals surface area contributed by atoms with Gasteiger partial charge < -0.3 is 10.8 Å². The number of aromatic nitrogens is 1. The standard InChI is InChI=1S/C12H14N2OS/c1-8(13)10-7-16-12(14-10)6-9-4-2-3-5-11(9)15/h2-5,7-8,15H,6,13H2,1H3. The Morgan fingerprint density at radius 2 is 2.19 bits per heavy atom. The van der Waals surface area contributed by atoms with Crippen LogP contribution in [-0.2, 0) is 6.42 Å². The molecule has 1 atom stereocenters. The van der Waals surface area contributed by atoms with Crippen LogP contribution in [0.1, 0.15) is 29.2 Å². The predicted molar refractivity (Wildman–Crippen MR) is 65.6 cm³/mol. The summed E-state index contributed by atoms with van der Waals surface area (Å²) < 4.78 is 0. The Labute approximate surface area is 98.6 Å². The van der Waals surface area contributed by atoms with Gasteiger partial charge in [-0.3, -0.25) is 0 Å². The van der Waals surface area contributed by atoms with E-state index in [2.05, 4.69) is 4.98 Å². The second-order valence-electron chi connectivity index (χ2n) is 3.76. The molecule has 0 bridgehead atoms. The lowest BCUT2D eigenvalue weighted by Gasteiger charge is -2.01. The molecule has 3 N–H and O–H groups in total. The third-order valence-electron chi connectivity index (χ3n) is 2.37. The lowest BCUT2D eigenvalue weighted by atomic mass is 10.1. The van der Waals surface area contributed by atoms with E-state index in [-0.39, 0.29) is 6.04 Å². The highest BCUT2D eigenvalue weighted by molar-refractivity contribution is 7.09. The molecule has 16 heavy (non-hydrogen) atoms. The number of phenols is 1. The van der Waals surface area contributed by atoms with Crippen LogP contribution in [0.3, 0.4) is 0 Å². The minimum Gasteiger partial charge on any atom is -0.508 e. The van der Waals surface area contributed by atoms with Gasteiger partial charge in [-0.25, -0.2) is 4.98 Å². The van der Waals surface area contributed by atoms with E-state index in [1.807, 2.05) is 30.5 Å². The highest BCUT2D eigenvalue weighted by atomic mass is 32.1. The highest BCUT2D eigenvalue weighted by Crippen LogP contribution is 2.22. The van der Waals surface area contributed by atoms with Gasteiger partial charge in [0, 0.05) is 23.4 Å². The maximum absolute atomic E-state index is 9.64. The predicted octanol–water partition coefficient (Wildman–Crippen LogP) is 2.46. The first-order valence-corrected chi connectivity index (χ1v) is 6.01. The molecule has 3 nitrogen and oxygen atoms in total. The monoisotopic (exact) mass is 234 g/mol. The number of hydrogen-bond acceptors (Lipinski definition) is 4. The van der Waals surface area contributed by atoms with Gasteiger partial charge in [0.1, 0.15) is 5.75 Å². The van der Waals surface area contributed by atoms with E-state index in [1.54, 1.807) is 17.4 Å². The number of benzene rings is 1. The highest BCUT2D eigenvalue weighted by Gasteiger charge is 2.08. The van der Waals surface area contributed by atoms with E-state index in [0.29, 0.717) is 12.2 Å². The molecule has 2 rings (SSSR count). The van der Waals surface area contributed by atoms with E-state index in [1.165, 1.54) is 0 Å². The molecule has 0 saturated carbocycles. The molecular weight excluding hydrogens is 220 g/mol. The van der Waals surface area contributed by atoms with Crippen molar-refractivity contribution in [2.45, 2.75) is 19.4 Å². The molecule has 4 heteroatoms. The zero-order valence-corrected chi connectivity index (χ0v) is 9.87. The zero-order valence-electron chi connectivity index (χ0n) is 9.05. The normalized spacial score (nSPS) is 12.6. The van der Waals surface area contributed by atoms with Gasteiger partial charge in [-0.1, -0.05) is 18.2 Å². The van der Waals surface area contributed by atoms with Gasteiger partial charge in [0.25, 0.3) is 0 Å². The van der Waals surface area contributed by atoms with Crippen molar-refractivity contribution >= 4 is 11.3 Å². The van der Waals surface area contributed by atoms with Crippen molar-refractivity contribution < 1.29 is 5.11 Å². The third-order valence-corrected chi connectivity index (χ3v) is 3.24. The van der Waals surface area contributed by atoms with Crippen molar-refractivity contribution in [3.05, 3.63) is 45.9 Å². The Hall–Kier alpha value is -1.39. The Morgan fingerprint density at radius 3 is 2.81 bits per heavy atom. The number of aromatic hydroxyl groups is 1. The number of nitrogens with two attached hydrogens (primary N) is 1. The summed E-state index contributed by atoms with van der Waals surface area (Å²) in [6, 6.07) is 7.29. The Bertz CT molecular complexity index is 479. The molecule has 0 saturated heterocycles. The molecule has 1 heterocycles. The van der Waals surface area contributed by atoms with Crippen LogP contribution in [0.2, 0.25) is 0 Å². The van der Waals surface area contributed by atoms with Gasteiger partial charge in [0.2, 0.25) is 0 Å². The van der Waals surface area contributed by atoms with Gasteiger partial charge in [-0.15, -0.1) is 11.3 Å².